The minimum Gasteiger partial charge on any atom is -0.392 e. The highest BCUT2D eigenvalue weighted by Crippen LogP contribution is 2.06. The highest BCUT2D eigenvalue weighted by Gasteiger charge is 1.97. The average Bonchev–Trinajstić information content (AvgIpc) is 2.02. The van der Waals surface area contributed by atoms with Crippen LogP contribution in [0.3, 0.4) is 0 Å². The third kappa shape index (κ3) is 1.51. The van der Waals surface area contributed by atoms with E-state index in [0.717, 1.165) is 12.1 Å². The van der Waals surface area contributed by atoms with Gasteiger partial charge in [-0.3, -0.25) is 0 Å². The van der Waals surface area contributed by atoms with E-state index in [1.165, 1.54) is 0 Å². The second-order valence-electron chi connectivity index (χ2n) is 1.76. The van der Waals surface area contributed by atoms with Gasteiger partial charge in [-0.05, 0) is 17.7 Å². The summed E-state index contributed by atoms with van der Waals surface area (Å²) in [6.07, 6.45) is 0. The molecule has 10 heavy (non-hydrogen) atoms. The Morgan fingerprint density at radius 3 is 2.50 bits per heavy atom. The molecule has 0 aliphatic heterocycles. The predicted molar refractivity (Wildman–Crippen MR) is 32.3 cm³/mol. The topological polar surface area (TPSA) is 20.2 Å². The largest absolute Gasteiger partial charge is 0.392 e. The zero-order valence-electron chi connectivity index (χ0n) is 7.90. The van der Waals surface area contributed by atoms with E-state index in [9.17, 15) is 8.78 Å². The van der Waals surface area contributed by atoms with Crippen LogP contribution in [0, 0.1) is 11.6 Å². The smallest absolute Gasteiger partial charge is 0.211 e. The van der Waals surface area contributed by atoms with Crippen molar-refractivity contribution in [2.24, 2.45) is 0 Å². The van der Waals surface area contributed by atoms with Crippen LogP contribution in [0.25, 0.3) is 0 Å². The van der Waals surface area contributed by atoms with Gasteiger partial charge in [0.1, 0.15) is 11.6 Å². The van der Waals surface area contributed by atoms with Gasteiger partial charge in [-0.2, -0.15) is 0 Å². The molecule has 0 heterocycles. The molecule has 1 nitrogen and oxygen atoms in total. The van der Waals surface area contributed by atoms with Crippen molar-refractivity contribution in [1.29, 1.82) is 1.43 Å². The first-order chi connectivity index (χ1) is 5.95. The molecule has 0 radical (unpaired) electrons. The van der Waals surface area contributed by atoms with Crippen LogP contribution in [0.2, 0.25) is 0 Å². The van der Waals surface area contributed by atoms with Crippen molar-refractivity contribution in [1.82, 2.24) is 0 Å². The molecule has 0 fully saturated rings. The zero-order chi connectivity index (χ0) is 10.1. The molecule has 1 N–H and O–H groups in total. The van der Waals surface area contributed by atoms with Gasteiger partial charge in [0.05, 0.1) is 9.30 Å². The first kappa shape index (κ1) is 4.03. The molecule has 1 aromatic rings. The summed E-state index contributed by atoms with van der Waals surface area (Å²) in [7, 11) is 0. The Hall–Kier alpha value is -0.960. The van der Waals surface area contributed by atoms with Crippen molar-refractivity contribution in [3.05, 3.63) is 35.4 Å². The fourth-order valence-electron chi connectivity index (χ4n) is 0.613. The average molecular weight is 147 g/mol. The SMILES string of the molecule is [2H]OC([2H])([2H])c1cc(F)cc(F)c1. The standard InChI is InChI=1S/C7H6F2O/c8-6-1-5(4-10)2-7(9)3-6/h1-3,10H,4H2/i4D2,10D. The summed E-state index contributed by atoms with van der Waals surface area (Å²) in [6.45, 7) is -2.50. The summed E-state index contributed by atoms with van der Waals surface area (Å²) in [5.74, 6) is -1.81. The Bertz CT molecular complexity index is 296. The van der Waals surface area contributed by atoms with Gasteiger partial charge in [0.25, 0.3) is 0 Å². The monoisotopic (exact) mass is 147 g/mol. The van der Waals surface area contributed by atoms with Crippen LogP contribution in [-0.4, -0.2) is 6.54 Å². The zero-order valence-corrected chi connectivity index (χ0v) is 4.90. The maximum atomic E-state index is 12.6. The summed E-state index contributed by atoms with van der Waals surface area (Å²) < 4.78 is 45.6. The maximum absolute atomic E-state index is 12.6. The molecule has 1 rings (SSSR count). The van der Waals surface area contributed by atoms with Crippen LogP contribution in [0.5, 0.6) is 0 Å². The van der Waals surface area contributed by atoms with Gasteiger partial charge in [-0.1, -0.05) is 0 Å². The second kappa shape index (κ2) is 2.75. The molecule has 3 heteroatoms. The summed E-state index contributed by atoms with van der Waals surface area (Å²) >= 11 is 0. The van der Waals surface area contributed by atoms with Crippen LogP contribution in [-0.2, 0) is 6.56 Å². The minimum absolute atomic E-state index is 0.361. The molecule has 0 bridgehead atoms. The lowest BCUT2D eigenvalue weighted by atomic mass is 10.2. The Morgan fingerprint density at radius 1 is 1.40 bits per heavy atom. The summed E-state index contributed by atoms with van der Waals surface area (Å²) in [4.78, 5) is 0. The molecular formula is C7H6F2O. The molecule has 0 unspecified atom stereocenters. The van der Waals surface area contributed by atoms with Gasteiger partial charge in [-0.15, -0.1) is 0 Å². The van der Waals surface area contributed by atoms with Crippen LogP contribution in [0.15, 0.2) is 18.2 Å². The van der Waals surface area contributed by atoms with Crippen molar-refractivity contribution in [3.63, 3.8) is 0 Å². The van der Waals surface area contributed by atoms with E-state index in [2.05, 4.69) is 5.11 Å². The number of halogens is 2. The van der Waals surface area contributed by atoms with E-state index in [1.54, 1.807) is 0 Å². The highest BCUT2D eigenvalue weighted by atomic mass is 19.1. The van der Waals surface area contributed by atoms with E-state index in [-0.39, 0.29) is 5.56 Å². The van der Waals surface area contributed by atoms with Gasteiger partial charge in [0.2, 0.25) is 1.43 Å². The van der Waals surface area contributed by atoms with Crippen molar-refractivity contribution < 1.29 is 16.6 Å². The molecule has 0 aromatic heterocycles. The lowest BCUT2D eigenvalue weighted by Gasteiger charge is -1.95. The third-order valence-electron chi connectivity index (χ3n) is 0.980. The van der Waals surface area contributed by atoms with Crippen LogP contribution >= 0.6 is 0 Å². The molecule has 0 aliphatic carbocycles. The highest BCUT2D eigenvalue weighted by molar-refractivity contribution is 5.16. The number of hydrogen-bond acceptors (Lipinski definition) is 1. The molecule has 0 aliphatic rings. The number of benzene rings is 1. The van der Waals surface area contributed by atoms with Crippen molar-refractivity contribution in [2.75, 3.05) is 0 Å². The molecular weight excluding hydrogens is 138 g/mol. The molecule has 0 saturated carbocycles. The van der Waals surface area contributed by atoms with Gasteiger partial charge in [-0.25, -0.2) is 8.78 Å². The number of aliphatic hydroxyl groups is 1. The summed E-state index contributed by atoms with van der Waals surface area (Å²) in [5.41, 5.74) is -0.361. The summed E-state index contributed by atoms with van der Waals surface area (Å²) in [6, 6.07) is 2.17. The maximum Gasteiger partial charge on any atom is 0.211 e. The Balaban J connectivity index is 3.15. The second-order valence-corrected chi connectivity index (χ2v) is 1.76. The fraction of sp³-hybridized carbons (Fsp3) is 0.143. The third-order valence-corrected chi connectivity index (χ3v) is 0.980. The lowest BCUT2D eigenvalue weighted by molar-refractivity contribution is 0.280. The van der Waals surface area contributed by atoms with Crippen LogP contribution in [0.1, 0.15) is 8.30 Å². The van der Waals surface area contributed by atoms with Gasteiger partial charge in [0.15, 0.2) is 0 Å². The predicted octanol–water partition coefficient (Wildman–Crippen LogP) is 1.46. The van der Waals surface area contributed by atoms with Crippen molar-refractivity contribution in [3.8, 4) is 0 Å². The van der Waals surface area contributed by atoms with Crippen LogP contribution < -0.4 is 0 Å². The lowest BCUT2D eigenvalue weighted by Crippen LogP contribution is -1.86. The number of hydrogen-bond donors (Lipinski definition) is 1. The van der Waals surface area contributed by atoms with Gasteiger partial charge < -0.3 is 5.11 Å². The van der Waals surface area contributed by atoms with Crippen LogP contribution in [0.4, 0.5) is 8.78 Å². The van der Waals surface area contributed by atoms with E-state index in [0.29, 0.717) is 6.07 Å². The fourth-order valence-corrected chi connectivity index (χ4v) is 0.613. The van der Waals surface area contributed by atoms with E-state index in [4.69, 9.17) is 4.17 Å². The van der Waals surface area contributed by atoms with E-state index >= 15 is 0 Å². The van der Waals surface area contributed by atoms with Crippen molar-refractivity contribution >= 4 is 0 Å². The molecule has 0 amide bonds. The molecule has 0 saturated heterocycles. The first-order valence-electron chi connectivity index (χ1n) is 3.97. The first-order valence-corrected chi connectivity index (χ1v) is 2.56. The van der Waals surface area contributed by atoms with Gasteiger partial charge in [0, 0.05) is 6.07 Å². The molecule has 0 spiro atoms. The Kier molecular flexibility index (Phi) is 1.11. The number of rotatable bonds is 2. The molecule has 0 atom stereocenters. The minimum atomic E-state index is -2.50. The molecule has 54 valence electrons. The summed E-state index contributed by atoms with van der Waals surface area (Å²) in [5, 5.41) is 3.68. The quantitative estimate of drug-likeness (QED) is 0.671. The Labute approximate surface area is 61.2 Å². The normalized spacial score (nSPS) is 15.6. The van der Waals surface area contributed by atoms with Gasteiger partial charge >= 0.3 is 0 Å². The molecule has 1 aromatic carbocycles. The Morgan fingerprint density at radius 2 is 2.00 bits per heavy atom. The van der Waals surface area contributed by atoms with Crippen molar-refractivity contribution in [2.45, 2.75) is 6.56 Å². The van der Waals surface area contributed by atoms with E-state index in [1.807, 2.05) is 0 Å². The van der Waals surface area contributed by atoms with E-state index < -0.39 is 18.2 Å².